The van der Waals surface area contributed by atoms with Gasteiger partial charge in [-0.25, -0.2) is 4.39 Å². The lowest BCUT2D eigenvalue weighted by atomic mass is 10.2. The predicted molar refractivity (Wildman–Crippen MR) is 100 cm³/mol. The summed E-state index contributed by atoms with van der Waals surface area (Å²) in [4.78, 5) is 23.7. The second kappa shape index (κ2) is 10.0. The average molecular weight is 397 g/mol. The summed E-state index contributed by atoms with van der Waals surface area (Å²) in [6.07, 6.45) is -0.966. The van der Waals surface area contributed by atoms with Crippen molar-refractivity contribution in [3.05, 3.63) is 64.9 Å². The third-order valence-corrected chi connectivity index (χ3v) is 4.46. The molecule has 0 saturated carbocycles. The summed E-state index contributed by atoms with van der Waals surface area (Å²) in [6.45, 7) is 1.46. The van der Waals surface area contributed by atoms with Crippen molar-refractivity contribution < 1.29 is 18.7 Å². The molecule has 0 saturated heterocycles. The first-order valence-corrected chi connectivity index (χ1v) is 9.31. The van der Waals surface area contributed by atoms with Gasteiger partial charge in [0.2, 0.25) is 5.91 Å². The second-order valence-electron chi connectivity index (χ2n) is 5.35. The van der Waals surface area contributed by atoms with Crippen LogP contribution in [0, 0.1) is 5.82 Å². The predicted octanol–water partition coefficient (Wildman–Crippen LogP) is 3.33. The van der Waals surface area contributed by atoms with Crippen LogP contribution in [0.5, 0.6) is 5.75 Å². The Morgan fingerprint density at radius 3 is 2.69 bits per heavy atom. The van der Waals surface area contributed by atoms with Crippen LogP contribution in [0.2, 0.25) is 5.02 Å². The van der Waals surface area contributed by atoms with E-state index in [2.05, 4.69) is 10.9 Å². The van der Waals surface area contributed by atoms with Crippen LogP contribution in [-0.2, 0) is 15.3 Å². The largest absolute Gasteiger partial charge is 0.478 e. The first-order valence-electron chi connectivity index (χ1n) is 7.78. The lowest BCUT2D eigenvalue weighted by Gasteiger charge is -2.15. The van der Waals surface area contributed by atoms with Gasteiger partial charge < -0.3 is 4.74 Å². The Labute approximate surface area is 160 Å². The number of rotatable bonds is 7. The molecular formula is C18H18ClFN2O3S. The standard InChI is InChI=1S/C18H18ClFN2O3S/c1-12(25-16-8-3-2-7-15(16)20)18(24)22-21-17(23)11-26-10-13-5-4-6-14(19)9-13/h2-9,12H,10-11H2,1H3,(H,21,23)(H,22,24). The molecule has 0 aliphatic heterocycles. The summed E-state index contributed by atoms with van der Waals surface area (Å²) in [7, 11) is 0. The molecule has 0 spiro atoms. The van der Waals surface area contributed by atoms with Crippen LogP contribution >= 0.6 is 23.4 Å². The van der Waals surface area contributed by atoms with Crippen LogP contribution in [0.15, 0.2) is 48.5 Å². The average Bonchev–Trinajstić information content (AvgIpc) is 2.61. The van der Waals surface area contributed by atoms with Gasteiger partial charge in [-0.15, -0.1) is 11.8 Å². The Balaban J connectivity index is 1.69. The highest BCUT2D eigenvalue weighted by Crippen LogP contribution is 2.17. The molecule has 2 amide bonds. The van der Waals surface area contributed by atoms with Crippen molar-refractivity contribution in [2.45, 2.75) is 18.8 Å². The zero-order chi connectivity index (χ0) is 18.9. The number of ether oxygens (including phenoxy) is 1. The molecule has 26 heavy (non-hydrogen) atoms. The number of benzene rings is 2. The van der Waals surface area contributed by atoms with E-state index in [1.807, 2.05) is 18.2 Å². The maximum Gasteiger partial charge on any atom is 0.279 e. The number of nitrogens with one attached hydrogen (secondary N) is 2. The van der Waals surface area contributed by atoms with Crippen molar-refractivity contribution in [2.75, 3.05) is 5.75 Å². The van der Waals surface area contributed by atoms with Crippen molar-refractivity contribution in [2.24, 2.45) is 0 Å². The van der Waals surface area contributed by atoms with E-state index in [1.165, 1.54) is 36.9 Å². The smallest absolute Gasteiger partial charge is 0.279 e. The number of carbonyl (C=O) groups is 2. The summed E-state index contributed by atoms with van der Waals surface area (Å²) in [5.74, 6) is -0.749. The number of hydrazine groups is 1. The molecule has 8 heteroatoms. The monoisotopic (exact) mass is 396 g/mol. The summed E-state index contributed by atoms with van der Waals surface area (Å²) in [6, 6.07) is 13.1. The quantitative estimate of drug-likeness (QED) is 0.704. The number of hydrogen-bond acceptors (Lipinski definition) is 4. The van der Waals surface area contributed by atoms with Crippen LogP contribution in [0.25, 0.3) is 0 Å². The molecule has 2 aromatic carbocycles. The molecule has 5 nitrogen and oxygen atoms in total. The van der Waals surface area contributed by atoms with Gasteiger partial charge in [0, 0.05) is 10.8 Å². The maximum atomic E-state index is 13.5. The molecule has 2 rings (SSSR count). The highest BCUT2D eigenvalue weighted by atomic mass is 35.5. The Bertz CT molecular complexity index is 776. The zero-order valence-corrected chi connectivity index (χ0v) is 15.6. The van der Waals surface area contributed by atoms with E-state index in [0.717, 1.165) is 5.56 Å². The Morgan fingerprint density at radius 2 is 1.96 bits per heavy atom. The van der Waals surface area contributed by atoms with Crippen molar-refractivity contribution in [3.63, 3.8) is 0 Å². The Hall–Kier alpha value is -2.25. The summed E-state index contributed by atoms with van der Waals surface area (Å²) in [5, 5.41) is 0.642. The third-order valence-electron chi connectivity index (χ3n) is 3.23. The van der Waals surface area contributed by atoms with Crippen molar-refractivity contribution >= 4 is 35.2 Å². The summed E-state index contributed by atoms with van der Waals surface area (Å²) >= 11 is 7.28. The fourth-order valence-corrected chi connectivity index (χ4v) is 2.93. The van der Waals surface area contributed by atoms with E-state index in [4.69, 9.17) is 16.3 Å². The van der Waals surface area contributed by atoms with Crippen molar-refractivity contribution in [1.82, 2.24) is 10.9 Å². The molecule has 0 aliphatic carbocycles. The highest BCUT2D eigenvalue weighted by Gasteiger charge is 2.17. The molecule has 0 bridgehead atoms. The van der Waals surface area contributed by atoms with Crippen LogP contribution < -0.4 is 15.6 Å². The Morgan fingerprint density at radius 1 is 1.19 bits per heavy atom. The van der Waals surface area contributed by atoms with Crippen LogP contribution in [-0.4, -0.2) is 23.7 Å². The van der Waals surface area contributed by atoms with Gasteiger partial charge in [0.15, 0.2) is 17.7 Å². The number of hydrogen-bond donors (Lipinski definition) is 2. The normalized spacial score (nSPS) is 11.5. The number of thioether (sulfide) groups is 1. The van der Waals surface area contributed by atoms with Gasteiger partial charge in [-0.1, -0.05) is 35.9 Å². The van der Waals surface area contributed by atoms with E-state index >= 15 is 0 Å². The van der Waals surface area contributed by atoms with E-state index < -0.39 is 17.8 Å². The fraction of sp³-hybridized carbons (Fsp3) is 0.222. The molecule has 0 aliphatic rings. The van der Waals surface area contributed by atoms with Gasteiger partial charge >= 0.3 is 0 Å². The number of halogens is 2. The van der Waals surface area contributed by atoms with Gasteiger partial charge in [-0.2, -0.15) is 0 Å². The number of amides is 2. The van der Waals surface area contributed by atoms with Crippen molar-refractivity contribution in [3.8, 4) is 5.75 Å². The zero-order valence-electron chi connectivity index (χ0n) is 14.0. The molecule has 0 aromatic heterocycles. The molecule has 138 valence electrons. The van der Waals surface area contributed by atoms with E-state index in [0.29, 0.717) is 10.8 Å². The number of para-hydroxylation sites is 1. The minimum absolute atomic E-state index is 0.0291. The SMILES string of the molecule is CC(Oc1ccccc1F)C(=O)NNC(=O)CSCc1cccc(Cl)c1. The minimum Gasteiger partial charge on any atom is -0.478 e. The molecule has 0 heterocycles. The van der Waals surface area contributed by atoms with Crippen LogP contribution in [0.4, 0.5) is 4.39 Å². The minimum atomic E-state index is -0.966. The molecular weight excluding hydrogens is 379 g/mol. The molecule has 0 radical (unpaired) electrons. The second-order valence-corrected chi connectivity index (χ2v) is 6.77. The highest BCUT2D eigenvalue weighted by molar-refractivity contribution is 7.99. The summed E-state index contributed by atoms with van der Waals surface area (Å²) < 4.78 is 18.7. The van der Waals surface area contributed by atoms with E-state index in [1.54, 1.807) is 12.1 Å². The van der Waals surface area contributed by atoms with Gasteiger partial charge in [-0.3, -0.25) is 20.4 Å². The van der Waals surface area contributed by atoms with Crippen LogP contribution in [0.3, 0.4) is 0 Å². The molecule has 2 aromatic rings. The first-order chi connectivity index (χ1) is 12.5. The van der Waals surface area contributed by atoms with E-state index in [9.17, 15) is 14.0 Å². The van der Waals surface area contributed by atoms with Gasteiger partial charge in [0.25, 0.3) is 5.91 Å². The third kappa shape index (κ3) is 6.57. The van der Waals surface area contributed by atoms with Gasteiger partial charge in [0.1, 0.15) is 0 Å². The first kappa shape index (κ1) is 20.1. The topological polar surface area (TPSA) is 67.4 Å². The molecule has 1 atom stereocenters. The summed E-state index contributed by atoms with van der Waals surface area (Å²) in [5.41, 5.74) is 5.57. The van der Waals surface area contributed by atoms with Gasteiger partial charge in [-0.05, 0) is 36.8 Å². The van der Waals surface area contributed by atoms with Gasteiger partial charge in [0.05, 0.1) is 5.75 Å². The Kier molecular flexibility index (Phi) is 7.74. The lowest BCUT2D eigenvalue weighted by molar-refractivity contribution is -0.132. The van der Waals surface area contributed by atoms with E-state index in [-0.39, 0.29) is 17.4 Å². The lowest BCUT2D eigenvalue weighted by Crippen LogP contribution is -2.47. The number of carbonyl (C=O) groups excluding carboxylic acids is 2. The molecule has 0 fully saturated rings. The molecule has 1 unspecified atom stereocenters. The van der Waals surface area contributed by atoms with Crippen LogP contribution in [0.1, 0.15) is 12.5 Å². The van der Waals surface area contributed by atoms with Crippen molar-refractivity contribution in [1.29, 1.82) is 0 Å². The fourth-order valence-electron chi connectivity index (χ4n) is 1.94. The maximum absolute atomic E-state index is 13.5. The molecule has 2 N–H and O–H groups in total.